The SMILES string of the molecule is CCCCc1oc2ccc(NC(=O)Nc3ccc(OC)cc3)cc2c1C(=O)c1ccc(OCCCN(CCCC)CCCC)cc1. The standard InChI is InChI=1S/C38H49N3O5/c1-5-8-12-35-36(33-27-30(17-22-34(33)46-35)40-38(43)39-29-15-20-31(44-4)21-16-29)37(42)28-13-18-32(19-14-28)45-26-11-25-41(23-9-6-2)24-10-7-3/h13-22,27H,5-12,23-26H2,1-4H3,(H2,39,40,43). The minimum atomic E-state index is -0.391. The van der Waals surface area contributed by atoms with Crippen molar-refractivity contribution in [2.45, 2.75) is 72.1 Å². The fraction of sp³-hybridized carbons (Fsp3) is 0.421. The van der Waals surface area contributed by atoms with Crippen LogP contribution in [0.3, 0.4) is 0 Å². The van der Waals surface area contributed by atoms with E-state index in [1.54, 1.807) is 49.6 Å². The van der Waals surface area contributed by atoms with Gasteiger partial charge in [-0.1, -0.05) is 40.0 Å². The number of nitrogens with one attached hydrogen (secondary N) is 2. The Bertz CT molecular complexity index is 1520. The topological polar surface area (TPSA) is 93.0 Å². The third-order valence-electron chi connectivity index (χ3n) is 8.01. The number of benzene rings is 3. The highest BCUT2D eigenvalue weighted by molar-refractivity contribution is 6.17. The summed E-state index contributed by atoms with van der Waals surface area (Å²) >= 11 is 0. The maximum absolute atomic E-state index is 13.9. The first-order chi connectivity index (χ1) is 22.4. The van der Waals surface area contributed by atoms with Crippen LogP contribution in [0.1, 0.15) is 87.4 Å². The number of furan rings is 1. The molecule has 0 saturated carbocycles. The van der Waals surface area contributed by atoms with Crippen LogP contribution in [-0.2, 0) is 6.42 Å². The summed E-state index contributed by atoms with van der Waals surface area (Å²) in [5.74, 6) is 2.01. The van der Waals surface area contributed by atoms with Gasteiger partial charge >= 0.3 is 6.03 Å². The number of anilines is 2. The molecule has 0 atom stereocenters. The molecule has 0 unspecified atom stereocenters. The summed E-state index contributed by atoms with van der Waals surface area (Å²) in [6.45, 7) is 10.5. The smallest absolute Gasteiger partial charge is 0.323 e. The molecule has 3 aromatic carbocycles. The first-order valence-corrected chi connectivity index (χ1v) is 16.7. The Balaban J connectivity index is 1.44. The first-order valence-electron chi connectivity index (χ1n) is 16.7. The van der Waals surface area contributed by atoms with Crippen molar-refractivity contribution in [3.05, 3.63) is 83.6 Å². The normalized spacial score (nSPS) is 11.2. The molecule has 8 nitrogen and oxygen atoms in total. The Morgan fingerprint density at radius 3 is 2.00 bits per heavy atom. The van der Waals surface area contributed by atoms with Gasteiger partial charge in [0.2, 0.25) is 0 Å². The number of carbonyl (C=O) groups excluding carboxylic acids is 2. The lowest BCUT2D eigenvalue weighted by molar-refractivity contribution is 0.103. The zero-order valence-corrected chi connectivity index (χ0v) is 27.8. The van der Waals surface area contributed by atoms with Gasteiger partial charge in [0.15, 0.2) is 5.78 Å². The number of amides is 2. The predicted molar refractivity (Wildman–Crippen MR) is 187 cm³/mol. The van der Waals surface area contributed by atoms with Crippen molar-refractivity contribution in [1.29, 1.82) is 0 Å². The van der Waals surface area contributed by atoms with Gasteiger partial charge in [0, 0.05) is 35.3 Å². The van der Waals surface area contributed by atoms with E-state index in [1.165, 1.54) is 25.7 Å². The molecule has 0 bridgehead atoms. The third kappa shape index (κ3) is 9.85. The van der Waals surface area contributed by atoms with Gasteiger partial charge in [-0.2, -0.15) is 0 Å². The lowest BCUT2D eigenvalue weighted by atomic mass is 9.98. The molecule has 0 aliphatic rings. The molecule has 4 aromatic rings. The van der Waals surface area contributed by atoms with Gasteiger partial charge in [0.05, 0.1) is 19.3 Å². The molecule has 0 saturated heterocycles. The largest absolute Gasteiger partial charge is 0.497 e. The van der Waals surface area contributed by atoms with Gasteiger partial charge in [-0.05, 0) is 106 Å². The molecule has 8 heteroatoms. The van der Waals surface area contributed by atoms with Crippen LogP contribution < -0.4 is 20.1 Å². The number of ketones is 1. The minimum Gasteiger partial charge on any atom is -0.497 e. The quantitative estimate of drug-likeness (QED) is 0.0795. The number of urea groups is 1. The Hall–Kier alpha value is -4.30. The number of nitrogens with zero attached hydrogens (tertiary/aromatic N) is 1. The van der Waals surface area contributed by atoms with Gasteiger partial charge in [0.25, 0.3) is 0 Å². The molecular formula is C38H49N3O5. The molecule has 1 aromatic heterocycles. The number of methoxy groups -OCH3 is 1. The fourth-order valence-electron chi connectivity index (χ4n) is 5.38. The summed E-state index contributed by atoms with van der Waals surface area (Å²) in [4.78, 5) is 29.2. The molecule has 2 amide bonds. The Labute approximate surface area is 273 Å². The zero-order valence-electron chi connectivity index (χ0n) is 27.8. The van der Waals surface area contributed by atoms with Gasteiger partial charge in [-0.3, -0.25) is 4.79 Å². The van der Waals surface area contributed by atoms with E-state index in [-0.39, 0.29) is 5.78 Å². The van der Waals surface area contributed by atoms with E-state index in [2.05, 4.69) is 36.3 Å². The number of fused-ring (bicyclic) bond motifs is 1. The number of carbonyl (C=O) groups is 2. The van der Waals surface area contributed by atoms with Crippen molar-refractivity contribution in [1.82, 2.24) is 4.90 Å². The molecule has 2 N–H and O–H groups in total. The Morgan fingerprint density at radius 2 is 1.35 bits per heavy atom. The molecule has 4 rings (SSSR count). The van der Waals surface area contributed by atoms with E-state index in [0.29, 0.717) is 58.0 Å². The second kappa shape index (κ2) is 18.0. The van der Waals surface area contributed by atoms with Crippen LogP contribution in [0, 0.1) is 0 Å². The highest BCUT2D eigenvalue weighted by Crippen LogP contribution is 2.32. The number of ether oxygens (including phenoxy) is 2. The van der Waals surface area contributed by atoms with Crippen molar-refractivity contribution in [2.24, 2.45) is 0 Å². The third-order valence-corrected chi connectivity index (χ3v) is 8.01. The maximum atomic E-state index is 13.9. The predicted octanol–water partition coefficient (Wildman–Crippen LogP) is 9.33. The van der Waals surface area contributed by atoms with Crippen LogP contribution in [-0.4, -0.2) is 50.1 Å². The van der Waals surface area contributed by atoms with Crippen LogP contribution in [0.5, 0.6) is 11.5 Å². The van der Waals surface area contributed by atoms with Crippen molar-refractivity contribution in [3.8, 4) is 11.5 Å². The minimum absolute atomic E-state index is 0.112. The number of unbranched alkanes of at least 4 members (excludes halogenated alkanes) is 3. The Kier molecular flexibility index (Phi) is 13.5. The van der Waals surface area contributed by atoms with E-state index in [9.17, 15) is 9.59 Å². The average molecular weight is 628 g/mol. The van der Waals surface area contributed by atoms with Crippen LogP contribution >= 0.6 is 0 Å². The van der Waals surface area contributed by atoms with Gasteiger partial charge < -0.3 is 29.4 Å². The van der Waals surface area contributed by atoms with Crippen LogP contribution in [0.15, 0.2) is 71.1 Å². The van der Waals surface area contributed by atoms with Gasteiger partial charge in [-0.15, -0.1) is 0 Å². The number of aryl methyl sites for hydroxylation is 1. The summed E-state index contributed by atoms with van der Waals surface area (Å²) in [7, 11) is 1.59. The number of rotatable bonds is 19. The van der Waals surface area contributed by atoms with Crippen molar-refractivity contribution in [2.75, 3.05) is 44.0 Å². The molecule has 0 radical (unpaired) electrons. The fourth-order valence-corrected chi connectivity index (χ4v) is 5.38. The van der Waals surface area contributed by atoms with Crippen LogP contribution in [0.4, 0.5) is 16.2 Å². The maximum Gasteiger partial charge on any atom is 0.323 e. The molecule has 0 aliphatic heterocycles. The molecule has 1 heterocycles. The summed E-state index contributed by atoms with van der Waals surface area (Å²) in [6.07, 6.45) is 8.36. The van der Waals surface area contributed by atoms with Gasteiger partial charge in [-0.25, -0.2) is 4.79 Å². The summed E-state index contributed by atoms with van der Waals surface area (Å²) in [5.41, 5.74) is 2.91. The van der Waals surface area contributed by atoms with Crippen molar-refractivity contribution < 1.29 is 23.5 Å². The van der Waals surface area contributed by atoms with E-state index in [4.69, 9.17) is 13.9 Å². The number of hydrogen-bond donors (Lipinski definition) is 2. The number of hydrogen-bond acceptors (Lipinski definition) is 6. The van der Waals surface area contributed by atoms with Crippen molar-refractivity contribution in [3.63, 3.8) is 0 Å². The first kappa shape index (κ1) is 34.6. The monoisotopic (exact) mass is 627 g/mol. The van der Waals surface area contributed by atoms with Crippen LogP contribution in [0.2, 0.25) is 0 Å². The zero-order chi connectivity index (χ0) is 32.7. The summed E-state index contributed by atoms with van der Waals surface area (Å²) in [6, 6.07) is 19.4. The van der Waals surface area contributed by atoms with E-state index in [0.717, 1.165) is 44.6 Å². The highest BCUT2D eigenvalue weighted by atomic mass is 16.5. The molecule has 0 aliphatic carbocycles. The summed E-state index contributed by atoms with van der Waals surface area (Å²) in [5, 5.41) is 6.37. The van der Waals surface area contributed by atoms with E-state index < -0.39 is 6.03 Å². The van der Waals surface area contributed by atoms with Crippen molar-refractivity contribution >= 4 is 34.2 Å². The Morgan fingerprint density at radius 1 is 0.739 bits per heavy atom. The highest BCUT2D eigenvalue weighted by Gasteiger charge is 2.22. The molecular weight excluding hydrogens is 578 g/mol. The van der Waals surface area contributed by atoms with E-state index >= 15 is 0 Å². The molecule has 46 heavy (non-hydrogen) atoms. The second-order valence-corrected chi connectivity index (χ2v) is 11.6. The van der Waals surface area contributed by atoms with Crippen LogP contribution in [0.25, 0.3) is 11.0 Å². The second-order valence-electron chi connectivity index (χ2n) is 11.6. The molecule has 246 valence electrons. The van der Waals surface area contributed by atoms with E-state index in [1.807, 2.05) is 24.3 Å². The van der Waals surface area contributed by atoms with Gasteiger partial charge in [0.1, 0.15) is 22.8 Å². The molecule has 0 fully saturated rings. The summed E-state index contributed by atoms with van der Waals surface area (Å²) < 4.78 is 17.4. The lowest BCUT2D eigenvalue weighted by Crippen LogP contribution is -2.28. The average Bonchev–Trinajstić information content (AvgIpc) is 3.44. The molecule has 0 spiro atoms. The lowest BCUT2D eigenvalue weighted by Gasteiger charge is -2.21.